The zero-order chi connectivity index (χ0) is 13.6. The van der Waals surface area contributed by atoms with Crippen molar-refractivity contribution in [1.82, 2.24) is 19.5 Å². The average molecular weight is 290 g/mol. The van der Waals surface area contributed by atoms with E-state index in [0.29, 0.717) is 0 Å². The van der Waals surface area contributed by atoms with Crippen LogP contribution >= 0.6 is 23.6 Å². The highest BCUT2D eigenvalue weighted by Gasteiger charge is 2.17. The Labute approximate surface area is 120 Å². The van der Waals surface area contributed by atoms with Crippen molar-refractivity contribution in [1.29, 1.82) is 0 Å². The summed E-state index contributed by atoms with van der Waals surface area (Å²) in [7, 11) is 0. The second kappa shape index (κ2) is 4.54. The van der Waals surface area contributed by atoms with Gasteiger partial charge in [-0.1, -0.05) is 0 Å². The first-order chi connectivity index (χ1) is 9.08. The number of thiazole rings is 1. The van der Waals surface area contributed by atoms with Gasteiger partial charge in [-0.2, -0.15) is 0 Å². The fraction of sp³-hybridized carbons (Fsp3) is 0.308. The van der Waals surface area contributed by atoms with Crippen LogP contribution in [0.15, 0.2) is 18.5 Å². The predicted molar refractivity (Wildman–Crippen MR) is 80.3 cm³/mol. The van der Waals surface area contributed by atoms with Crippen LogP contribution in [-0.2, 0) is 0 Å². The van der Waals surface area contributed by atoms with Crippen molar-refractivity contribution in [2.75, 3.05) is 0 Å². The molecule has 3 aromatic heterocycles. The maximum atomic E-state index is 5.44. The van der Waals surface area contributed by atoms with E-state index in [-0.39, 0.29) is 6.04 Å². The summed E-state index contributed by atoms with van der Waals surface area (Å²) in [6.07, 6.45) is 3.60. The number of hydrogen-bond acceptors (Lipinski definition) is 4. The maximum Gasteiger partial charge on any atom is 0.178 e. The van der Waals surface area contributed by atoms with E-state index < -0.39 is 0 Å². The smallest absolute Gasteiger partial charge is 0.178 e. The SMILES string of the molecule is Cc1nc(C)c(C(C)n2c(=S)[nH]c3cnccc32)s1. The summed E-state index contributed by atoms with van der Waals surface area (Å²) in [6.45, 7) is 6.24. The number of nitrogens with zero attached hydrogens (tertiary/aromatic N) is 3. The van der Waals surface area contributed by atoms with Crippen LogP contribution in [-0.4, -0.2) is 19.5 Å². The lowest BCUT2D eigenvalue weighted by atomic mass is 10.2. The van der Waals surface area contributed by atoms with Crippen LogP contribution in [0, 0.1) is 18.6 Å². The number of rotatable bonds is 2. The molecule has 1 atom stereocenters. The van der Waals surface area contributed by atoms with Crippen LogP contribution in [0.2, 0.25) is 0 Å². The molecule has 0 saturated heterocycles. The van der Waals surface area contributed by atoms with Crippen molar-refractivity contribution in [3.8, 4) is 0 Å². The summed E-state index contributed by atoms with van der Waals surface area (Å²) in [6, 6.07) is 2.16. The molecular weight excluding hydrogens is 276 g/mol. The van der Waals surface area contributed by atoms with E-state index in [9.17, 15) is 0 Å². The van der Waals surface area contributed by atoms with Crippen LogP contribution in [0.5, 0.6) is 0 Å². The monoisotopic (exact) mass is 290 g/mol. The number of aromatic amines is 1. The second-order valence-corrected chi connectivity index (χ2v) is 6.17. The fourth-order valence-corrected chi connectivity index (χ4v) is 3.75. The predicted octanol–water partition coefficient (Wildman–Crippen LogP) is 3.78. The number of imidazole rings is 1. The fourth-order valence-electron chi connectivity index (χ4n) is 2.41. The van der Waals surface area contributed by atoms with Gasteiger partial charge in [0.1, 0.15) is 0 Å². The Morgan fingerprint density at radius 3 is 2.89 bits per heavy atom. The van der Waals surface area contributed by atoms with Crippen molar-refractivity contribution in [2.24, 2.45) is 0 Å². The molecule has 0 aromatic carbocycles. The summed E-state index contributed by atoms with van der Waals surface area (Å²) in [5.41, 5.74) is 3.14. The summed E-state index contributed by atoms with van der Waals surface area (Å²) in [5.74, 6) is 0. The van der Waals surface area contributed by atoms with E-state index >= 15 is 0 Å². The highest BCUT2D eigenvalue weighted by atomic mass is 32.1. The van der Waals surface area contributed by atoms with Crippen LogP contribution in [0.4, 0.5) is 0 Å². The number of pyridine rings is 1. The van der Waals surface area contributed by atoms with E-state index in [1.807, 2.05) is 13.0 Å². The zero-order valence-corrected chi connectivity index (χ0v) is 12.6. The van der Waals surface area contributed by atoms with Crippen molar-refractivity contribution in [3.63, 3.8) is 0 Å². The number of nitrogens with one attached hydrogen (secondary N) is 1. The third kappa shape index (κ3) is 2.01. The molecule has 3 aromatic rings. The molecule has 0 aliphatic rings. The minimum absolute atomic E-state index is 0.176. The largest absolute Gasteiger partial charge is 0.329 e. The van der Waals surface area contributed by atoms with Crippen molar-refractivity contribution in [3.05, 3.63) is 38.8 Å². The van der Waals surface area contributed by atoms with Gasteiger partial charge in [-0.3, -0.25) is 4.98 Å². The van der Waals surface area contributed by atoms with E-state index in [4.69, 9.17) is 12.2 Å². The molecule has 1 unspecified atom stereocenters. The number of H-pyrrole nitrogens is 1. The van der Waals surface area contributed by atoms with E-state index in [2.05, 4.69) is 33.4 Å². The van der Waals surface area contributed by atoms with Gasteiger partial charge in [0.25, 0.3) is 0 Å². The van der Waals surface area contributed by atoms with Crippen LogP contribution in [0.1, 0.15) is 28.5 Å². The lowest BCUT2D eigenvalue weighted by molar-refractivity contribution is 0.655. The molecule has 3 rings (SSSR count). The molecule has 3 heterocycles. The van der Waals surface area contributed by atoms with E-state index in [0.717, 1.165) is 26.5 Å². The third-order valence-electron chi connectivity index (χ3n) is 3.22. The summed E-state index contributed by atoms with van der Waals surface area (Å²) >= 11 is 7.17. The quantitative estimate of drug-likeness (QED) is 0.731. The topological polar surface area (TPSA) is 46.5 Å². The Morgan fingerprint density at radius 2 is 2.21 bits per heavy atom. The minimum Gasteiger partial charge on any atom is -0.329 e. The zero-order valence-electron chi connectivity index (χ0n) is 11.0. The number of aromatic nitrogens is 4. The molecular formula is C13H14N4S2. The van der Waals surface area contributed by atoms with E-state index in [1.165, 1.54) is 4.88 Å². The molecule has 0 aliphatic heterocycles. The Morgan fingerprint density at radius 1 is 1.42 bits per heavy atom. The molecule has 0 saturated carbocycles. The Balaban J connectivity index is 2.22. The highest BCUT2D eigenvalue weighted by Crippen LogP contribution is 2.30. The average Bonchev–Trinajstić information content (AvgIpc) is 2.87. The first kappa shape index (κ1) is 12.5. The molecule has 0 bridgehead atoms. The Bertz CT molecular complexity index is 796. The van der Waals surface area contributed by atoms with Gasteiger partial charge in [-0.05, 0) is 39.1 Å². The van der Waals surface area contributed by atoms with Gasteiger partial charge in [0.2, 0.25) is 0 Å². The van der Waals surface area contributed by atoms with Crippen molar-refractivity contribution < 1.29 is 0 Å². The van der Waals surface area contributed by atoms with Crippen molar-refractivity contribution >= 4 is 34.6 Å². The summed E-state index contributed by atoms with van der Waals surface area (Å²) in [4.78, 5) is 13.1. The molecule has 0 radical (unpaired) electrons. The van der Waals surface area contributed by atoms with Gasteiger partial charge in [-0.15, -0.1) is 11.3 Å². The van der Waals surface area contributed by atoms with Gasteiger partial charge in [0.05, 0.1) is 38.9 Å². The Kier molecular flexibility index (Phi) is 2.99. The molecule has 98 valence electrons. The molecule has 0 aliphatic carbocycles. The highest BCUT2D eigenvalue weighted by molar-refractivity contribution is 7.71. The van der Waals surface area contributed by atoms with Crippen molar-refractivity contribution in [2.45, 2.75) is 26.8 Å². The van der Waals surface area contributed by atoms with Gasteiger partial charge in [0, 0.05) is 6.20 Å². The first-order valence-electron chi connectivity index (χ1n) is 6.06. The van der Waals surface area contributed by atoms with Gasteiger partial charge in [0.15, 0.2) is 4.77 Å². The maximum absolute atomic E-state index is 5.44. The van der Waals surface area contributed by atoms with Gasteiger partial charge >= 0.3 is 0 Å². The lowest BCUT2D eigenvalue weighted by Gasteiger charge is -2.13. The number of fused-ring (bicyclic) bond motifs is 1. The minimum atomic E-state index is 0.176. The molecule has 0 spiro atoms. The Hall–Kier alpha value is -1.53. The van der Waals surface area contributed by atoms with Crippen LogP contribution in [0.25, 0.3) is 11.0 Å². The van der Waals surface area contributed by atoms with Crippen LogP contribution < -0.4 is 0 Å². The lowest BCUT2D eigenvalue weighted by Crippen LogP contribution is -2.06. The molecule has 0 fully saturated rings. The van der Waals surface area contributed by atoms with Gasteiger partial charge < -0.3 is 9.55 Å². The standard InChI is InChI=1S/C13H14N4S2/c1-7-12(19-9(3)15-7)8(2)17-11-4-5-14-6-10(11)16-13(17)18/h4-6,8H,1-3H3,(H,16,18). The van der Waals surface area contributed by atoms with E-state index in [1.54, 1.807) is 23.7 Å². The van der Waals surface area contributed by atoms with Gasteiger partial charge in [-0.25, -0.2) is 4.98 Å². The molecule has 19 heavy (non-hydrogen) atoms. The first-order valence-corrected chi connectivity index (χ1v) is 7.28. The number of hydrogen-bond donors (Lipinski definition) is 1. The molecule has 6 heteroatoms. The normalized spacial score (nSPS) is 13.0. The molecule has 1 N–H and O–H groups in total. The second-order valence-electron chi connectivity index (χ2n) is 4.55. The van der Waals surface area contributed by atoms with Crippen LogP contribution in [0.3, 0.4) is 0 Å². The number of aryl methyl sites for hydroxylation is 2. The molecule has 0 amide bonds. The third-order valence-corrected chi connectivity index (χ3v) is 4.77. The molecule has 4 nitrogen and oxygen atoms in total. The summed E-state index contributed by atoms with van der Waals surface area (Å²) < 4.78 is 2.85. The summed E-state index contributed by atoms with van der Waals surface area (Å²) in [5, 5.41) is 1.09.